The van der Waals surface area contributed by atoms with Gasteiger partial charge in [0.1, 0.15) is 6.61 Å². The molecule has 0 bridgehead atoms. The molecular weight excluding hydrogens is 452 g/mol. The van der Waals surface area contributed by atoms with Crippen molar-refractivity contribution in [2.24, 2.45) is 0 Å². The molecule has 1 atom stereocenters. The van der Waals surface area contributed by atoms with Crippen LogP contribution >= 0.6 is 12.2 Å². The highest BCUT2D eigenvalue weighted by Crippen LogP contribution is 2.32. The van der Waals surface area contributed by atoms with Crippen molar-refractivity contribution in [2.45, 2.75) is 26.8 Å². The molecule has 0 radical (unpaired) electrons. The maximum absolute atomic E-state index is 12.9. The number of amides is 2. The highest BCUT2D eigenvalue weighted by Gasteiger charge is 2.33. The predicted octanol–water partition coefficient (Wildman–Crippen LogP) is 4.27. The van der Waals surface area contributed by atoms with Gasteiger partial charge < -0.3 is 30.3 Å². The Morgan fingerprint density at radius 1 is 1.06 bits per heavy atom. The van der Waals surface area contributed by atoms with Gasteiger partial charge >= 0.3 is 12.0 Å². The van der Waals surface area contributed by atoms with E-state index in [1.165, 1.54) is 0 Å². The van der Waals surface area contributed by atoms with Crippen LogP contribution in [0.25, 0.3) is 0 Å². The van der Waals surface area contributed by atoms with Crippen molar-refractivity contribution in [1.82, 2.24) is 10.2 Å². The molecule has 180 valence electrons. The van der Waals surface area contributed by atoms with Crippen LogP contribution in [0.1, 0.15) is 29.7 Å². The van der Waals surface area contributed by atoms with E-state index in [0.717, 1.165) is 22.4 Å². The van der Waals surface area contributed by atoms with Crippen LogP contribution in [0.4, 0.5) is 16.2 Å². The lowest BCUT2D eigenvalue weighted by atomic mass is 9.95. The summed E-state index contributed by atoms with van der Waals surface area (Å²) in [5, 5.41) is 9.48. The van der Waals surface area contributed by atoms with E-state index in [1.54, 1.807) is 25.1 Å². The summed E-state index contributed by atoms with van der Waals surface area (Å²) in [6, 6.07) is 12.2. The number of thiocarbonyl (C=S) groups is 1. The second kappa shape index (κ2) is 11.1. The van der Waals surface area contributed by atoms with Crippen LogP contribution in [0.3, 0.4) is 0 Å². The number of carbonyl (C=O) groups excluding carboxylic acids is 2. The van der Waals surface area contributed by atoms with Crippen LogP contribution in [0.15, 0.2) is 53.7 Å². The van der Waals surface area contributed by atoms with Gasteiger partial charge in [-0.3, -0.25) is 0 Å². The average molecular weight is 483 g/mol. The number of hydrogen-bond donors (Lipinski definition) is 3. The number of esters is 1. The predicted molar refractivity (Wildman–Crippen MR) is 137 cm³/mol. The lowest BCUT2D eigenvalue weighted by Crippen LogP contribution is -2.46. The molecule has 0 fully saturated rings. The smallest absolute Gasteiger partial charge is 0.338 e. The fraction of sp³-hybridized carbons (Fsp3) is 0.320. The van der Waals surface area contributed by atoms with Crippen LogP contribution in [-0.4, -0.2) is 49.4 Å². The summed E-state index contributed by atoms with van der Waals surface area (Å²) in [4.78, 5) is 27.3. The Hall–Kier alpha value is -3.43. The standard InChI is InChI=1S/C25H30N4O4S/c1-15-8-6-9-16(2)21(15)27-24(31)26-19-11-7-10-18(14-19)22-20(23(30)33-13-12-32-5)17(3)29(4)25(34)28-22/h6-11,14,22H,12-13H2,1-5H3,(H,28,34)(H2,26,27,31). The number of rotatable bonds is 7. The third-order valence-corrected chi connectivity index (χ3v) is 6.08. The van der Waals surface area contributed by atoms with Gasteiger partial charge in [0.2, 0.25) is 0 Å². The molecular formula is C25H30N4O4S. The Kier molecular flexibility index (Phi) is 8.25. The van der Waals surface area contributed by atoms with Crippen molar-refractivity contribution in [1.29, 1.82) is 0 Å². The average Bonchev–Trinajstić information content (AvgIpc) is 2.80. The summed E-state index contributed by atoms with van der Waals surface area (Å²) in [6.07, 6.45) is 0. The van der Waals surface area contributed by atoms with Gasteiger partial charge in [-0.05, 0) is 61.8 Å². The normalized spacial score (nSPS) is 15.6. The van der Waals surface area contributed by atoms with E-state index in [9.17, 15) is 9.59 Å². The summed E-state index contributed by atoms with van der Waals surface area (Å²) in [6.45, 7) is 6.17. The Labute approximate surface area is 205 Å². The third-order valence-electron chi connectivity index (χ3n) is 5.69. The summed E-state index contributed by atoms with van der Waals surface area (Å²) in [7, 11) is 3.34. The molecule has 2 aromatic carbocycles. The van der Waals surface area contributed by atoms with Crippen molar-refractivity contribution >= 4 is 40.7 Å². The van der Waals surface area contributed by atoms with E-state index in [0.29, 0.717) is 28.7 Å². The summed E-state index contributed by atoms with van der Waals surface area (Å²) >= 11 is 5.46. The van der Waals surface area contributed by atoms with Crippen LogP contribution in [0, 0.1) is 13.8 Å². The van der Waals surface area contributed by atoms with Gasteiger partial charge in [-0.1, -0.05) is 30.3 Å². The summed E-state index contributed by atoms with van der Waals surface area (Å²) in [5.41, 5.74) is 5.22. The van der Waals surface area contributed by atoms with E-state index in [-0.39, 0.29) is 12.6 Å². The maximum atomic E-state index is 12.9. The second-order valence-electron chi connectivity index (χ2n) is 8.04. The molecule has 34 heavy (non-hydrogen) atoms. The van der Waals surface area contributed by atoms with E-state index in [1.807, 2.05) is 57.2 Å². The molecule has 2 amide bonds. The number of ether oxygens (including phenoxy) is 2. The van der Waals surface area contributed by atoms with E-state index >= 15 is 0 Å². The molecule has 1 aliphatic heterocycles. The number of para-hydroxylation sites is 1. The van der Waals surface area contributed by atoms with E-state index < -0.39 is 12.0 Å². The third kappa shape index (κ3) is 5.73. The number of nitrogens with one attached hydrogen (secondary N) is 3. The molecule has 0 spiro atoms. The first kappa shape index (κ1) is 25.2. The zero-order valence-corrected chi connectivity index (χ0v) is 20.8. The minimum absolute atomic E-state index is 0.146. The number of allylic oxidation sites excluding steroid dienone is 1. The van der Waals surface area contributed by atoms with Crippen molar-refractivity contribution in [3.63, 3.8) is 0 Å². The molecule has 0 saturated carbocycles. The fourth-order valence-corrected chi connectivity index (χ4v) is 3.98. The molecule has 3 rings (SSSR count). The molecule has 0 aromatic heterocycles. The molecule has 0 saturated heterocycles. The quantitative estimate of drug-likeness (QED) is 0.308. The molecule has 3 N–H and O–H groups in total. The summed E-state index contributed by atoms with van der Waals surface area (Å²) < 4.78 is 10.4. The van der Waals surface area contributed by atoms with Gasteiger partial charge in [-0.15, -0.1) is 0 Å². The van der Waals surface area contributed by atoms with Crippen LogP contribution in [0.2, 0.25) is 0 Å². The van der Waals surface area contributed by atoms with E-state index in [4.69, 9.17) is 21.7 Å². The Balaban J connectivity index is 1.84. The molecule has 8 nitrogen and oxygen atoms in total. The van der Waals surface area contributed by atoms with Crippen molar-refractivity contribution in [3.8, 4) is 0 Å². The topological polar surface area (TPSA) is 91.9 Å². The monoisotopic (exact) mass is 482 g/mol. The highest BCUT2D eigenvalue weighted by atomic mass is 32.1. The number of urea groups is 1. The van der Waals surface area contributed by atoms with Crippen molar-refractivity contribution < 1.29 is 19.1 Å². The molecule has 9 heteroatoms. The second-order valence-corrected chi connectivity index (χ2v) is 8.43. The highest BCUT2D eigenvalue weighted by molar-refractivity contribution is 7.80. The SMILES string of the molecule is COCCOC(=O)C1=C(C)N(C)C(=S)NC1c1cccc(NC(=O)Nc2c(C)cccc2C)c1. The number of hydrogen-bond acceptors (Lipinski definition) is 5. The largest absolute Gasteiger partial charge is 0.460 e. The Bertz CT molecular complexity index is 1110. The van der Waals surface area contributed by atoms with Gasteiger partial charge in [0.25, 0.3) is 0 Å². The minimum atomic E-state index is -0.526. The molecule has 1 heterocycles. The number of aryl methyl sites for hydroxylation is 2. The summed E-state index contributed by atoms with van der Waals surface area (Å²) in [5.74, 6) is -0.451. The number of nitrogens with zero attached hydrogens (tertiary/aromatic N) is 1. The first-order chi connectivity index (χ1) is 16.2. The Morgan fingerprint density at radius 3 is 2.41 bits per heavy atom. The van der Waals surface area contributed by atoms with Crippen molar-refractivity contribution in [3.05, 3.63) is 70.4 Å². The Morgan fingerprint density at radius 2 is 1.74 bits per heavy atom. The first-order valence-electron chi connectivity index (χ1n) is 10.9. The molecule has 2 aromatic rings. The number of benzene rings is 2. The van der Waals surface area contributed by atoms with Gasteiger partial charge in [-0.25, -0.2) is 9.59 Å². The van der Waals surface area contributed by atoms with Gasteiger partial charge in [0, 0.05) is 31.2 Å². The van der Waals surface area contributed by atoms with Crippen LogP contribution in [-0.2, 0) is 14.3 Å². The lowest BCUT2D eigenvalue weighted by molar-refractivity contribution is -0.140. The van der Waals surface area contributed by atoms with Gasteiger partial charge in [-0.2, -0.15) is 0 Å². The van der Waals surface area contributed by atoms with E-state index in [2.05, 4.69) is 16.0 Å². The zero-order chi connectivity index (χ0) is 24.8. The number of carbonyl (C=O) groups is 2. The van der Waals surface area contributed by atoms with Crippen LogP contribution in [0.5, 0.6) is 0 Å². The van der Waals surface area contributed by atoms with Crippen LogP contribution < -0.4 is 16.0 Å². The fourth-order valence-electron chi connectivity index (χ4n) is 3.73. The minimum Gasteiger partial charge on any atom is -0.460 e. The first-order valence-corrected chi connectivity index (χ1v) is 11.3. The molecule has 0 aliphatic carbocycles. The number of anilines is 2. The molecule has 1 unspecified atom stereocenters. The lowest BCUT2D eigenvalue weighted by Gasteiger charge is -2.35. The van der Waals surface area contributed by atoms with Crippen molar-refractivity contribution in [2.75, 3.05) is 38.0 Å². The molecule has 1 aliphatic rings. The number of methoxy groups -OCH3 is 1. The van der Waals surface area contributed by atoms with Gasteiger partial charge in [0.05, 0.1) is 18.2 Å². The maximum Gasteiger partial charge on any atom is 0.338 e. The zero-order valence-electron chi connectivity index (χ0n) is 20.0. The van der Waals surface area contributed by atoms with Gasteiger partial charge in [0.15, 0.2) is 5.11 Å².